The van der Waals surface area contributed by atoms with Gasteiger partial charge >= 0.3 is 5.97 Å². The molecule has 0 radical (unpaired) electrons. The van der Waals surface area contributed by atoms with Gasteiger partial charge in [-0.3, -0.25) is 9.36 Å². The third kappa shape index (κ3) is 5.08. The molecule has 2 aliphatic rings. The van der Waals surface area contributed by atoms with Crippen molar-refractivity contribution in [2.75, 3.05) is 27.1 Å². The lowest BCUT2D eigenvalue weighted by Gasteiger charge is -2.24. The fraction of sp³-hybridized carbons (Fsp3) is 0.250. The molecule has 0 unspecified atom stereocenters. The second kappa shape index (κ2) is 11.3. The molecule has 0 fully saturated rings. The van der Waals surface area contributed by atoms with E-state index in [-0.39, 0.29) is 19.0 Å². The number of allylic oxidation sites excluding steroid dienone is 1. The fourth-order valence-corrected chi connectivity index (χ4v) is 6.27. The molecule has 0 N–H and O–H groups in total. The summed E-state index contributed by atoms with van der Waals surface area (Å²) in [5.74, 6) is 1.78. The van der Waals surface area contributed by atoms with Gasteiger partial charge in [0.05, 0.1) is 39.1 Å². The Balaban J connectivity index is 1.67. The fourth-order valence-electron chi connectivity index (χ4n) is 4.45. The Morgan fingerprint density at radius 1 is 1.28 bits per heavy atom. The number of hydrogen-bond donors (Lipinski definition) is 0. The first-order chi connectivity index (χ1) is 18.9. The van der Waals surface area contributed by atoms with Crippen molar-refractivity contribution >= 4 is 46.0 Å². The number of rotatable bonds is 8. The van der Waals surface area contributed by atoms with Crippen LogP contribution in [0.2, 0.25) is 0 Å². The number of thiazole rings is 1. The average molecular weight is 660 g/mol. The van der Waals surface area contributed by atoms with E-state index >= 15 is 0 Å². The van der Waals surface area contributed by atoms with E-state index in [1.54, 1.807) is 45.2 Å². The number of ether oxygens (including phenoxy) is 5. The van der Waals surface area contributed by atoms with Crippen LogP contribution in [0.1, 0.15) is 31.0 Å². The molecule has 5 rings (SSSR count). The van der Waals surface area contributed by atoms with E-state index in [9.17, 15) is 9.59 Å². The van der Waals surface area contributed by atoms with Gasteiger partial charge in [0.15, 0.2) is 27.8 Å². The number of fused-ring (bicyclic) bond motifs is 2. The molecule has 39 heavy (non-hydrogen) atoms. The average Bonchev–Trinajstić information content (AvgIpc) is 3.50. The summed E-state index contributed by atoms with van der Waals surface area (Å²) in [4.78, 5) is 32.1. The quantitative estimate of drug-likeness (QED) is 0.207. The molecular formula is C28H25IN2O7S. The molecule has 1 atom stereocenters. The van der Waals surface area contributed by atoms with Crippen LogP contribution in [-0.2, 0) is 9.53 Å². The van der Waals surface area contributed by atoms with Crippen LogP contribution >= 0.6 is 33.9 Å². The molecule has 0 bridgehead atoms. The topological polar surface area (TPSA) is 97.6 Å². The van der Waals surface area contributed by atoms with Crippen molar-refractivity contribution in [3.63, 3.8) is 0 Å². The minimum atomic E-state index is -0.749. The molecule has 1 aromatic heterocycles. The van der Waals surface area contributed by atoms with E-state index in [4.69, 9.17) is 23.7 Å². The molecule has 0 saturated heterocycles. The van der Waals surface area contributed by atoms with Crippen LogP contribution in [0.3, 0.4) is 0 Å². The van der Waals surface area contributed by atoms with Crippen molar-refractivity contribution in [1.82, 2.24) is 4.57 Å². The Morgan fingerprint density at radius 3 is 2.82 bits per heavy atom. The van der Waals surface area contributed by atoms with Crippen LogP contribution in [0.15, 0.2) is 64.0 Å². The number of esters is 1. The van der Waals surface area contributed by atoms with Gasteiger partial charge < -0.3 is 23.7 Å². The van der Waals surface area contributed by atoms with Crippen molar-refractivity contribution in [2.45, 2.75) is 19.9 Å². The highest BCUT2D eigenvalue weighted by Gasteiger charge is 2.34. The van der Waals surface area contributed by atoms with Crippen molar-refractivity contribution in [2.24, 2.45) is 4.99 Å². The van der Waals surface area contributed by atoms with Gasteiger partial charge in [-0.25, -0.2) is 9.79 Å². The summed E-state index contributed by atoms with van der Waals surface area (Å²) in [5.41, 5.74) is 1.95. The van der Waals surface area contributed by atoms with Gasteiger partial charge in [-0.2, -0.15) is 0 Å². The Kier molecular flexibility index (Phi) is 7.80. The number of aromatic nitrogens is 1. The number of benzene rings is 2. The number of methoxy groups -OCH3 is 1. The van der Waals surface area contributed by atoms with Crippen LogP contribution in [0.4, 0.5) is 0 Å². The zero-order valence-electron chi connectivity index (χ0n) is 21.5. The van der Waals surface area contributed by atoms with Gasteiger partial charge in [0.2, 0.25) is 6.79 Å². The normalized spacial score (nSPS) is 16.0. The predicted octanol–water partition coefficient (Wildman–Crippen LogP) is 3.71. The number of nitrogens with zero attached hydrogens (tertiary/aromatic N) is 2. The molecule has 3 heterocycles. The second-order valence-electron chi connectivity index (χ2n) is 8.55. The van der Waals surface area contributed by atoms with E-state index in [2.05, 4.69) is 34.2 Å². The molecule has 3 aromatic rings. The van der Waals surface area contributed by atoms with E-state index in [1.807, 2.05) is 18.2 Å². The predicted molar refractivity (Wildman–Crippen MR) is 154 cm³/mol. The molecule has 0 spiro atoms. The van der Waals surface area contributed by atoms with E-state index < -0.39 is 12.0 Å². The molecule has 2 aromatic carbocycles. The van der Waals surface area contributed by atoms with Gasteiger partial charge in [-0.1, -0.05) is 30.1 Å². The van der Waals surface area contributed by atoms with Crippen LogP contribution in [-0.4, -0.2) is 37.7 Å². The van der Waals surface area contributed by atoms with Gasteiger partial charge in [-0.15, -0.1) is 0 Å². The lowest BCUT2D eigenvalue weighted by Crippen LogP contribution is -2.39. The second-order valence-corrected chi connectivity index (χ2v) is 10.7. The third-order valence-corrected chi connectivity index (χ3v) is 7.91. The smallest absolute Gasteiger partial charge is 0.338 e. The van der Waals surface area contributed by atoms with Crippen LogP contribution in [0, 0.1) is 3.57 Å². The van der Waals surface area contributed by atoms with Crippen molar-refractivity contribution < 1.29 is 28.5 Å². The van der Waals surface area contributed by atoms with Crippen LogP contribution in [0.5, 0.6) is 23.0 Å². The molecular weight excluding hydrogens is 635 g/mol. The summed E-state index contributed by atoms with van der Waals surface area (Å²) in [6, 6.07) is 8.35. The van der Waals surface area contributed by atoms with Crippen LogP contribution in [0.25, 0.3) is 6.08 Å². The summed E-state index contributed by atoms with van der Waals surface area (Å²) in [6.07, 6.45) is 3.44. The molecule has 11 heteroatoms. The van der Waals surface area contributed by atoms with Crippen LogP contribution < -0.4 is 33.8 Å². The maximum absolute atomic E-state index is 13.9. The van der Waals surface area contributed by atoms with E-state index in [0.717, 1.165) is 9.13 Å². The summed E-state index contributed by atoms with van der Waals surface area (Å²) in [6.45, 7) is 7.82. The molecule has 0 saturated carbocycles. The first-order valence-corrected chi connectivity index (χ1v) is 14.0. The van der Waals surface area contributed by atoms with Gasteiger partial charge in [0.1, 0.15) is 6.61 Å². The Hall–Kier alpha value is -3.58. The van der Waals surface area contributed by atoms with E-state index in [0.29, 0.717) is 55.8 Å². The molecule has 2 aliphatic heterocycles. The molecule has 9 nitrogen and oxygen atoms in total. The Bertz CT molecular complexity index is 1690. The first kappa shape index (κ1) is 27.0. The summed E-state index contributed by atoms with van der Waals surface area (Å²) < 4.78 is 30.5. The lowest BCUT2D eigenvalue weighted by atomic mass is 9.95. The summed E-state index contributed by atoms with van der Waals surface area (Å²) in [7, 11) is 1.56. The minimum Gasteiger partial charge on any atom is -0.493 e. The van der Waals surface area contributed by atoms with Crippen molar-refractivity contribution in [3.05, 3.63) is 88.6 Å². The molecule has 202 valence electrons. The minimum absolute atomic E-state index is 0.112. The highest BCUT2D eigenvalue weighted by Crippen LogP contribution is 2.38. The number of halogens is 1. The molecule has 0 aliphatic carbocycles. The first-order valence-electron chi connectivity index (χ1n) is 12.1. The SMILES string of the molecule is C=CCOc1c(I)cc(/C=c2/sc3n(c2=O)[C@H](c2ccc4c(c2)OCO4)C(C(=O)OCC)=C(C)N=3)cc1OC. The highest BCUT2D eigenvalue weighted by molar-refractivity contribution is 14.1. The highest BCUT2D eigenvalue weighted by atomic mass is 127. The summed E-state index contributed by atoms with van der Waals surface area (Å²) in [5, 5.41) is 0. The standard InChI is InChI=1S/C28H25IN2O7S/c1-5-9-36-25-18(29)10-16(11-21(25)34-4)12-22-26(32)31-24(17-7-8-19-20(13-17)38-14-37-19)23(27(33)35-6-2)15(3)30-28(31)39-22/h5,7-8,10-13,24H,1,6,9,14H2,2-4H3/b22-12+/t24-/m1/s1. The van der Waals surface area contributed by atoms with Gasteiger partial charge in [-0.05, 0) is 77.9 Å². The van der Waals surface area contributed by atoms with Gasteiger partial charge in [0.25, 0.3) is 5.56 Å². The maximum Gasteiger partial charge on any atom is 0.338 e. The Morgan fingerprint density at radius 2 is 2.08 bits per heavy atom. The third-order valence-electron chi connectivity index (χ3n) is 6.12. The molecule has 0 amide bonds. The Labute approximate surface area is 241 Å². The largest absolute Gasteiger partial charge is 0.493 e. The zero-order valence-corrected chi connectivity index (χ0v) is 24.5. The maximum atomic E-state index is 13.9. The lowest BCUT2D eigenvalue weighted by molar-refractivity contribution is -0.139. The number of carbonyl (C=O) groups excluding carboxylic acids is 1. The summed E-state index contributed by atoms with van der Waals surface area (Å²) >= 11 is 3.42. The van der Waals surface area contributed by atoms with Crippen molar-refractivity contribution in [1.29, 1.82) is 0 Å². The van der Waals surface area contributed by atoms with Gasteiger partial charge in [0, 0.05) is 0 Å². The zero-order chi connectivity index (χ0) is 27.7. The van der Waals surface area contributed by atoms with Crippen molar-refractivity contribution in [3.8, 4) is 23.0 Å². The van der Waals surface area contributed by atoms with E-state index in [1.165, 1.54) is 15.9 Å². The number of hydrogen-bond acceptors (Lipinski definition) is 9. The monoisotopic (exact) mass is 660 g/mol. The number of carbonyl (C=O) groups is 1.